The van der Waals surface area contributed by atoms with Crippen LogP contribution in [0.2, 0.25) is 0 Å². The molecule has 1 aromatic rings. The summed E-state index contributed by atoms with van der Waals surface area (Å²) in [6.45, 7) is 1.19. The van der Waals surface area contributed by atoms with Gasteiger partial charge in [0.25, 0.3) is 0 Å². The maximum absolute atomic E-state index is 6.58. The van der Waals surface area contributed by atoms with Gasteiger partial charge in [0.05, 0.1) is 6.61 Å². The first-order valence-electron chi connectivity index (χ1n) is 7.76. The van der Waals surface area contributed by atoms with E-state index in [1.165, 1.54) is 31.2 Å². The van der Waals surface area contributed by atoms with Crippen molar-refractivity contribution in [3.05, 3.63) is 29.8 Å². The van der Waals surface area contributed by atoms with Crippen molar-refractivity contribution in [3.8, 4) is 5.75 Å². The quantitative estimate of drug-likeness (QED) is 0.811. The Kier molecular flexibility index (Phi) is 4.27. The van der Waals surface area contributed by atoms with E-state index >= 15 is 0 Å². The van der Waals surface area contributed by atoms with Gasteiger partial charge < -0.3 is 15.2 Å². The molecule has 0 saturated heterocycles. The van der Waals surface area contributed by atoms with E-state index in [0.29, 0.717) is 19.1 Å². The van der Waals surface area contributed by atoms with Crippen LogP contribution < -0.4 is 10.5 Å². The molecule has 2 bridgehead atoms. The Hall–Kier alpha value is -1.06. The number of para-hydroxylation sites is 1. The highest BCUT2D eigenvalue weighted by molar-refractivity contribution is 5.36. The van der Waals surface area contributed by atoms with Crippen molar-refractivity contribution in [3.63, 3.8) is 0 Å². The van der Waals surface area contributed by atoms with Gasteiger partial charge in [0.15, 0.2) is 0 Å². The monoisotopic (exact) mass is 275 g/mol. The van der Waals surface area contributed by atoms with Gasteiger partial charge in [-0.05, 0) is 43.1 Å². The Morgan fingerprint density at radius 3 is 2.75 bits per heavy atom. The predicted octanol–water partition coefficient (Wildman–Crippen LogP) is 3.15. The molecule has 0 heterocycles. The Balaban J connectivity index is 1.72. The fraction of sp³-hybridized carbons (Fsp3) is 0.647. The molecule has 0 aliphatic heterocycles. The average Bonchev–Trinajstić information content (AvgIpc) is 3.10. The normalized spacial score (nSPS) is 29.6. The minimum absolute atomic E-state index is 0.115. The van der Waals surface area contributed by atoms with Crippen LogP contribution in [0, 0.1) is 17.8 Å². The molecule has 3 nitrogen and oxygen atoms in total. The third-order valence-electron chi connectivity index (χ3n) is 5.08. The number of rotatable bonds is 6. The molecule has 20 heavy (non-hydrogen) atoms. The molecule has 2 N–H and O–H groups in total. The smallest absolute Gasteiger partial charge is 0.124 e. The lowest BCUT2D eigenvalue weighted by atomic mass is 9.81. The second kappa shape index (κ2) is 6.15. The molecule has 2 fully saturated rings. The summed E-state index contributed by atoms with van der Waals surface area (Å²) >= 11 is 0. The first-order valence-corrected chi connectivity index (χ1v) is 7.76. The molecule has 0 aromatic heterocycles. The zero-order chi connectivity index (χ0) is 13.9. The van der Waals surface area contributed by atoms with Crippen LogP contribution in [0.4, 0.5) is 0 Å². The highest BCUT2D eigenvalue weighted by atomic mass is 16.5. The lowest BCUT2D eigenvalue weighted by molar-refractivity contribution is 0.145. The SMILES string of the molecule is COCCOc1ccccc1C(N)C1CC2CCC1C2. The lowest BCUT2D eigenvalue weighted by Gasteiger charge is -2.29. The van der Waals surface area contributed by atoms with Gasteiger partial charge in [-0.25, -0.2) is 0 Å². The van der Waals surface area contributed by atoms with E-state index < -0.39 is 0 Å². The lowest BCUT2D eigenvalue weighted by Crippen LogP contribution is -2.26. The minimum atomic E-state index is 0.115. The molecular weight excluding hydrogens is 250 g/mol. The van der Waals surface area contributed by atoms with E-state index in [1.807, 2.05) is 12.1 Å². The van der Waals surface area contributed by atoms with Crippen LogP contribution in [0.3, 0.4) is 0 Å². The summed E-state index contributed by atoms with van der Waals surface area (Å²) in [7, 11) is 1.69. The number of ether oxygens (including phenoxy) is 2. The van der Waals surface area contributed by atoms with Crippen molar-refractivity contribution in [1.29, 1.82) is 0 Å². The van der Waals surface area contributed by atoms with Crippen LogP contribution in [-0.2, 0) is 4.74 Å². The van der Waals surface area contributed by atoms with Gasteiger partial charge in [0.1, 0.15) is 12.4 Å². The molecule has 4 atom stereocenters. The van der Waals surface area contributed by atoms with Crippen molar-refractivity contribution >= 4 is 0 Å². The van der Waals surface area contributed by atoms with Gasteiger partial charge in [-0.15, -0.1) is 0 Å². The second-order valence-corrected chi connectivity index (χ2v) is 6.24. The standard InChI is InChI=1S/C17H25NO2/c1-19-8-9-20-16-5-3-2-4-14(16)17(18)15-11-12-6-7-13(15)10-12/h2-5,12-13,15,17H,6-11,18H2,1H3. The van der Waals surface area contributed by atoms with Gasteiger partial charge in [0.2, 0.25) is 0 Å². The Bertz CT molecular complexity index is 448. The number of hydrogen-bond donors (Lipinski definition) is 1. The van der Waals surface area contributed by atoms with Gasteiger partial charge in [-0.2, -0.15) is 0 Å². The molecular formula is C17H25NO2. The van der Waals surface area contributed by atoms with E-state index in [-0.39, 0.29) is 6.04 Å². The zero-order valence-corrected chi connectivity index (χ0v) is 12.3. The largest absolute Gasteiger partial charge is 0.491 e. The molecule has 0 amide bonds. The summed E-state index contributed by atoms with van der Waals surface area (Å²) in [5.41, 5.74) is 7.75. The average molecular weight is 275 g/mol. The summed E-state index contributed by atoms with van der Waals surface area (Å²) in [6, 6.07) is 8.34. The zero-order valence-electron chi connectivity index (χ0n) is 12.3. The van der Waals surface area contributed by atoms with Crippen molar-refractivity contribution in [2.24, 2.45) is 23.5 Å². The van der Waals surface area contributed by atoms with E-state index in [1.54, 1.807) is 7.11 Å². The molecule has 4 unspecified atom stereocenters. The van der Waals surface area contributed by atoms with Crippen LogP contribution in [-0.4, -0.2) is 20.3 Å². The molecule has 3 heteroatoms. The highest BCUT2D eigenvalue weighted by Crippen LogP contribution is 2.52. The topological polar surface area (TPSA) is 44.5 Å². The molecule has 0 spiro atoms. The number of benzene rings is 1. The maximum Gasteiger partial charge on any atom is 0.124 e. The van der Waals surface area contributed by atoms with Gasteiger partial charge in [0, 0.05) is 18.7 Å². The van der Waals surface area contributed by atoms with Crippen molar-refractivity contribution in [1.82, 2.24) is 0 Å². The van der Waals surface area contributed by atoms with Crippen LogP contribution in [0.1, 0.15) is 37.3 Å². The second-order valence-electron chi connectivity index (χ2n) is 6.24. The first kappa shape index (κ1) is 13.9. The number of methoxy groups -OCH3 is 1. The predicted molar refractivity (Wildman–Crippen MR) is 79.7 cm³/mol. The third-order valence-corrected chi connectivity index (χ3v) is 5.08. The molecule has 2 aliphatic carbocycles. The summed E-state index contributed by atoms with van der Waals surface area (Å²) in [5, 5.41) is 0. The summed E-state index contributed by atoms with van der Waals surface area (Å²) in [6.07, 6.45) is 5.49. The van der Waals surface area contributed by atoms with Gasteiger partial charge in [-0.3, -0.25) is 0 Å². The molecule has 1 aromatic carbocycles. The van der Waals surface area contributed by atoms with E-state index in [4.69, 9.17) is 15.2 Å². The van der Waals surface area contributed by atoms with Crippen LogP contribution >= 0.6 is 0 Å². The Morgan fingerprint density at radius 1 is 1.20 bits per heavy atom. The van der Waals surface area contributed by atoms with Crippen LogP contribution in [0.15, 0.2) is 24.3 Å². The van der Waals surface area contributed by atoms with Crippen LogP contribution in [0.5, 0.6) is 5.75 Å². The van der Waals surface area contributed by atoms with E-state index in [9.17, 15) is 0 Å². The Morgan fingerprint density at radius 2 is 2.05 bits per heavy atom. The van der Waals surface area contributed by atoms with Gasteiger partial charge in [-0.1, -0.05) is 24.6 Å². The number of hydrogen-bond acceptors (Lipinski definition) is 3. The number of nitrogens with two attached hydrogens (primary N) is 1. The fourth-order valence-corrected chi connectivity index (χ4v) is 4.09. The van der Waals surface area contributed by atoms with E-state index in [0.717, 1.165) is 17.6 Å². The summed E-state index contributed by atoms with van der Waals surface area (Å²) in [4.78, 5) is 0. The molecule has 2 saturated carbocycles. The van der Waals surface area contributed by atoms with Crippen molar-refractivity contribution < 1.29 is 9.47 Å². The fourth-order valence-electron chi connectivity index (χ4n) is 4.09. The molecule has 0 radical (unpaired) electrons. The molecule has 110 valence electrons. The first-order chi connectivity index (χ1) is 9.79. The van der Waals surface area contributed by atoms with Crippen molar-refractivity contribution in [2.45, 2.75) is 31.7 Å². The summed E-state index contributed by atoms with van der Waals surface area (Å²) < 4.78 is 10.9. The third kappa shape index (κ3) is 2.70. The molecule has 2 aliphatic rings. The Labute approximate surface area is 121 Å². The minimum Gasteiger partial charge on any atom is -0.491 e. The highest BCUT2D eigenvalue weighted by Gasteiger charge is 2.42. The number of fused-ring (bicyclic) bond motifs is 2. The summed E-state index contributed by atoms with van der Waals surface area (Å²) in [5.74, 6) is 3.33. The van der Waals surface area contributed by atoms with E-state index in [2.05, 4.69) is 12.1 Å². The van der Waals surface area contributed by atoms with Crippen molar-refractivity contribution in [2.75, 3.05) is 20.3 Å². The van der Waals surface area contributed by atoms with Crippen LogP contribution in [0.25, 0.3) is 0 Å². The molecule has 3 rings (SSSR count). The maximum atomic E-state index is 6.58. The van der Waals surface area contributed by atoms with Gasteiger partial charge >= 0.3 is 0 Å².